The van der Waals surface area contributed by atoms with Gasteiger partial charge in [0.15, 0.2) is 0 Å². The first-order chi connectivity index (χ1) is 6.49. The van der Waals surface area contributed by atoms with Crippen molar-refractivity contribution >= 4 is 11.6 Å². The number of rotatable bonds is 2. The molecular weight excluding hydrogens is 190 g/mol. The molecule has 3 N–H and O–H groups in total. The summed E-state index contributed by atoms with van der Waals surface area (Å²) in [6, 6.07) is 0. The van der Waals surface area contributed by atoms with Gasteiger partial charge in [0.25, 0.3) is 5.91 Å². The lowest BCUT2D eigenvalue weighted by Gasteiger charge is -1.93. The van der Waals surface area contributed by atoms with Crippen LogP contribution in [0.3, 0.4) is 0 Å². The lowest BCUT2D eigenvalue weighted by Crippen LogP contribution is -2.30. The molecule has 1 aromatic heterocycles. The zero-order valence-electron chi connectivity index (χ0n) is 7.64. The Morgan fingerprint density at radius 2 is 2.29 bits per heavy atom. The van der Waals surface area contributed by atoms with Crippen LogP contribution in [0.25, 0.3) is 0 Å². The SMILES string of the molecule is Cc1c([N+](=O)[O-])c(C(=O)NN)nn1C. The number of hydrogen-bond acceptors (Lipinski definition) is 5. The first-order valence-corrected chi connectivity index (χ1v) is 3.68. The Bertz CT molecular complexity index is 396. The standard InChI is InChI=1S/C6H9N5O3/c1-3-5(11(13)14)4(6(12)8-7)9-10(3)2/h7H2,1-2H3,(H,8,12). The van der Waals surface area contributed by atoms with Gasteiger partial charge in [0.2, 0.25) is 5.69 Å². The molecule has 0 saturated heterocycles. The number of nitrogens with zero attached hydrogens (tertiary/aromatic N) is 3. The Balaban J connectivity index is 3.36. The largest absolute Gasteiger partial charge is 0.322 e. The van der Waals surface area contributed by atoms with E-state index in [0.29, 0.717) is 5.69 Å². The third kappa shape index (κ3) is 1.42. The second kappa shape index (κ2) is 3.42. The van der Waals surface area contributed by atoms with Gasteiger partial charge in [-0.05, 0) is 6.92 Å². The van der Waals surface area contributed by atoms with Gasteiger partial charge in [0, 0.05) is 7.05 Å². The molecule has 0 bridgehead atoms. The summed E-state index contributed by atoms with van der Waals surface area (Å²) in [4.78, 5) is 21.0. The number of hydrazine groups is 1. The Hall–Kier alpha value is -1.96. The predicted octanol–water partition coefficient (Wildman–Crippen LogP) is -0.760. The minimum atomic E-state index is -0.777. The second-order valence-corrected chi connectivity index (χ2v) is 2.64. The first kappa shape index (κ1) is 10.1. The molecule has 76 valence electrons. The van der Waals surface area contributed by atoms with Crippen LogP contribution in [-0.4, -0.2) is 20.6 Å². The number of aromatic nitrogens is 2. The van der Waals surface area contributed by atoms with Crippen LogP contribution in [0, 0.1) is 17.0 Å². The number of carbonyl (C=O) groups excluding carboxylic acids is 1. The van der Waals surface area contributed by atoms with Gasteiger partial charge in [-0.1, -0.05) is 0 Å². The fourth-order valence-corrected chi connectivity index (χ4v) is 1.04. The lowest BCUT2D eigenvalue weighted by atomic mass is 10.3. The van der Waals surface area contributed by atoms with E-state index < -0.39 is 10.8 Å². The molecule has 1 amide bonds. The number of nitrogens with one attached hydrogen (secondary N) is 1. The first-order valence-electron chi connectivity index (χ1n) is 3.68. The minimum Gasteiger partial charge on any atom is -0.289 e. The molecule has 14 heavy (non-hydrogen) atoms. The summed E-state index contributed by atoms with van der Waals surface area (Å²) in [5.41, 5.74) is 1.49. The van der Waals surface area contributed by atoms with Crippen molar-refractivity contribution in [2.24, 2.45) is 12.9 Å². The average Bonchev–Trinajstić information content (AvgIpc) is 2.42. The van der Waals surface area contributed by atoms with Crippen LogP contribution in [-0.2, 0) is 7.05 Å². The van der Waals surface area contributed by atoms with Crippen LogP contribution in [0.1, 0.15) is 16.2 Å². The van der Waals surface area contributed by atoms with E-state index in [0.717, 1.165) is 0 Å². The number of amides is 1. The smallest absolute Gasteiger partial charge is 0.289 e. The zero-order chi connectivity index (χ0) is 10.9. The van der Waals surface area contributed by atoms with E-state index in [1.165, 1.54) is 18.7 Å². The van der Waals surface area contributed by atoms with Crippen LogP contribution in [0.4, 0.5) is 5.69 Å². The average molecular weight is 199 g/mol. The van der Waals surface area contributed by atoms with E-state index in [9.17, 15) is 14.9 Å². The molecule has 0 aromatic carbocycles. The van der Waals surface area contributed by atoms with Gasteiger partial charge in [-0.2, -0.15) is 5.10 Å². The number of nitro groups is 1. The molecule has 0 aliphatic carbocycles. The summed E-state index contributed by atoms with van der Waals surface area (Å²) in [5.74, 6) is 4.08. The number of nitrogens with two attached hydrogens (primary N) is 1. The highest BCUT2D eigenvalue weighted by Crippen LogP contribution is 2.21. The number of hydrogen-bond donors (Lipinski definition) is 2. The highest BCUT2D eigenvalue weighted by atomic mass is 16.6. The maximum Gasteiger partial charge on any atom is 0.322 e. The summed E-state index contributed by atoms with van der Waals surface area (Å²) in [7, 11) is 1.51. The third-order valence-electron chi connectivity index (χ3n) is 1.83. The molecule has 0 saturated carbocycles. The zero-order valence-corrected chi connectivity index (χ0v) is 7.64. The van der Waals surface area contributed by atoms with Gasteiger partial charge in [0.1, 0.15) is 5.69 Å². The lowest BCUT2D eigenvalue weighted by molar-refractivity contribution is -0.385. The van der Waals surface area contributed by atoms with Crippen LogP contribution >= 0.6 is 0 Å². The van der Waals surface area contributed by atoms with E-state index in [1.54, 1.807) is 5.43 Å². The number of carbonyl (C=O) groups is 1. The quantitative estimate of drug-likeness (QED) is 0.281. The van der Waals surface area contributed by atoms with Gasteiger partial charge >= 0.3 is 5.69 Å². The predicted molar refractivity (Wildman–Crippen MR) is 46.3 cm³/mol. The van der Waals surface area contributed by atoms with E-state index in [-0.39, 0.29) is 11.4 Å². The second-order valence-electron chi connectivity index (χ2n) is 2.64. The Morgan fingerprint density at radius 1 is 1.71 bits per heavy atom. The van der Waals surface area contributed by atoms with Gasteiger partial charge < -0.3 is 0 Å². The van der Waals surface area contributed by atoms with E-state index >= 15 is 0 Å². The van der Waals surface area contributed by atoms with Crippen molar-refractivity contribution in [2.45, 2.75) is 6.92 Å². The number of aryl methyl sites for hydroxylation is 1. The minimum absolute atomic E-state index is 0.280. The van der Waals surface area contributed by atoms with Crippen molar-refractivity contribution in [1.82, 2.24) is 15.2 Å². The molecule has 0 radical (unpaired) electrons. The van der Waals surface area contributed by atoms with E-state index in [2.05, 4.69) is 5.10 Å². The van der Waals surface area contributed by atoms with Crippen LogP contribution in [0.5, 0.6) is 0 Å². The fourth-order valence-electron chi connectivity index (χ4n) is 1.04. The molecular formula is C6H9N5O3. The summed E-state index contributed by atoms with van der Waals surface area (Å²) >= 11 is 0. The fraction of sp³-hybridized carbons (Fsp3) is 0.333. The van der Waals surface area contributed by atoms with Gasteiger partial charge in [-0.3, -0.25) is 25.0 Å². The van der Waals surface area contributed by atoms with Crippen LogP contribution in [0.15, 0.2) is 0 Å². The molecule has 0 fully saturated rings. The molecule has 1 aromatic rings. The van der Waals surface area contributed by atoms with E-state index in [1.807, 2.05) is 0 Å². The molecule has 0 unspecified atom stereocenters. The maximum atomic E-state index is 11.1. The summed E-state index contributed by atoms with van der Waals surface area (Å²) < 4.78 is 1.25. The Morgan fingerprint density at radius 3 is 2.71 bits per heavy atom. The van der Waals surface area contributed by atoms with Crippen molar-refractivity contribution in [3.8, 4) is 0 Å². The van der Waals surface area contributed by atoms with E-state index in [4.69, 9.17) is 5.84 Å². The highest BCUT2D eigenvalue weighted by Gasteiger charge is 2.28. The molecule has 1 rings (SSSR count). The summed E-state index contributed by atoms with van der Waals surface area (Å²) in [6.45, 7) is 1.50. The van der Waals surface area contributed by atoms with Crippen molar-refractivity contribution < 1.29 is 9.72 Å². The topological polar surface area (TPSA) is 116 Å². The molecule has 1 heterocycles. The van der Waals surface area contributed by atoms with Gasteiger partial charge in [-0.15, -0.1) is 0 Å². The maximum absolute atomic E-state index is 11.1. The van der Waals surface area contributed by atoms with Crippen LogP contribution in [0.2, 0.25) is 0 Å². The normalized spacial score (nSPS) is 9.93. The summed E-state index contributed by atoms with van der Waals surface area (Å²) in [5, 5.41) is 14.3. The van der Waals surface area contributed by atoms with Crippen molar-refractivity contribution in [1.29, 1.82) is 0 Å². The molecule has 0 aliphatic rings. The molecule has 0 aliphatic heterocycles. The van der Waals surface area contributed by atoms with Crippen molar-refractivity contribution in [3.63, 3.8) is 0 Å². The number of nitrogen functional groups attached to an aromatic ring is 1. The third-order valence-corrected chi connectivity index (χ3v) is 1.83. The monoisotopic (exact) mass is 199 g/mol. The Kier molecular flexibility index (Phi) is 2.47. The van der Waals surface area contributed by atoms with Crippen molar-refractivity contribution in [3.05, 3.63) is 21.5 Å². The van der Waals surface area contributed by atoms with Crippen LogP contribution < -0.4 is 11.3 Å². The molecule has 8 nitrogen and oxygen atoms in total. The Labute approximate surface area is 78.8 Å². The van der Waals surface area contributed by atoms with Crippen molar-refractivity contribution in [2.75, 3.05) is 0 Å². The van der Waals surface area contributed by atoms with Gasteiger partial charge in [0.05, 0.1) is 4.92 Å². The van der Waals surface area contributed by atoms with Gasteiger partial charge in [-0.25, -0.2) is 5.84 Å². The molecule has 8 heteroatoms. The summed E-state index contributed by atoms with van der Waals surface area (Å²) in [6.07, 6.45) is 0. The molecule has 0 spiro atoms. The molecule has 0 atom stereocenters. The highest BCUT2D eigenvalue weighted by molar-refractivity contribution is 5.96.